The van der Waals surface area contributed by atoms with E-state index in [-0.39, 0.29) is 36.6 Å². The second-order valence-electron chi connectivity index (χ2n) is 9.17. The molecule has 3 rings (SSSR count). The molecule has 10 nitrogen and oxygen atoms in total. The van der Waals surface area contributed by atoms with E-state index >= 15 is 0 Å². The van der Waals surface area contributed by atoms with E-state index in [9.17, 15) is 28.8 Å². The van der Waals surface area contributed by atoms with Gasteiger partial charge in [0.25, 0.3) is 23.6 Å². The Bertz CT molecular complexity index is 832. The Morgan fingerprint density at radius 3 is 1.58 bits per heavy atom. The second-order valence-corrected chi connectivity index (χ2v) is 9.17. The van der Waals surface area contributed by atoms with Crippen molar-refractivity contribution in [2.45, 2.75) is 73.4 Å². The predicted octanol–water partition coefficient (Wildman–Crippen LogP) is 1.75. The van der Waals surface area contributed by atoms with Gasteiger partial charge in [-0.3, -0.25) is 28.9 Å². The van der Waals surface area contributed by atoms with Gasteiger partial charge in [-0.25, -0.2) is 4.79 Å². The van der Waals surface area contributed by atoms with Crippen LogP contribution in [0.3, 0.4) is 0 Å². The van der Waals surface area contributed by atoms with Crippen molar-refractivity contribution < 1.29 is 33.6 Å². The molecule has 0 aromatic rings. The molecule has 0 radical (unpaired) electrons. The summed E-state index contributed by atoms with van der Waals surface area (Å²) in [6.45, 7) is 13.4. The molecule has 3 aliphatic rings. The highest BCUT2D eigenvalue weighted by atomic mass is 16.7. The number of imide groups is 2. The first-order valence-electron chi connectivity index (χ1n) is 10.8. The zero-order valence-electron chi connectivity index (χ0n) is 20.3. The predicted molar refractivity (Wildman–Crippen MR) is 119 cm³/mol. The van der Waals surface area contributed by atoms with Gasteiger partial charge < -0.3 is 9.74 Å². The van der Waals surface area contributed by atoms with E-state index in [1.54, 1.807) is 26.8 Å². The summed E-state index contributed by atoms with van der Waals surface area (Å²) in [6, 6.07) is 0.308. The van der Waals surface area contributed by atoms with Crippen LogP contribution in [0.2, 0.25) is 0 Å². The minimum absolute atomic E-state index is 0.0324. The van der Waals surface area contributed by atoms with Gasteiger partial charge in [-0.2, -0.15) is 0 Å². The maximum absolute atomic E-state index is 11.3. The highest BCUT2D eigenvalue weighted by Crippen LogP contribution is 2.19. The summed E-state index contributed by atoms with van der Waals surface area (Å²) in [6.07, 6.45) is 6.35. The molecule has 182 valence electrons. The first-order chi connectivity index (χ1) is 15.2. The molecule has 10 heteroatoms. The molecule has 0 bridgehead atoms. The second kappa shape index (κ2) is 11.5. The zero-order valence-corrected chi connectivity index (χ0v) is 20.3. The maximum Gasteiger partial charge on any atom is 0.338 e. The summed E-state index contributed by atoms with van der Waals surface area (Å²) >= 11 is 0. The Kier molecular flexibility index (Phi) is 9.69. The third-order valence-electron chi connectivity index (χ3n) is 4.62. The van der Waals surface area contributed by atoms with Crippen molar-refractivity contribution in [2.75, 3.05) is 6.54 Å². The van der Waals surface area contributed by atoms with Gasteiger partial charge in [-0.1, -0.05) is 6.08 Å². The fraction of sp³-hybridized carbons (Fsp3) is 0.565. The molecule has 1 fully saturated rings. The van der Waals surface area contributed by atoms with Crippen LogP contribution in [0.15, 0.2) is 24.3 Å². The van der Waals surface area contributed by atoms with Crippen LogP contribution in [0.4, 0.5) is 0 Å². The Morgan fingerprint density at radius 2 is 1.30 bits per heavy atom. The summed E-state index contributed by atoms with van der Waals surface area (Å²) < 4.78 is 0. The Morgan fingerprint density at radius 1 is 0.818 bits per heavy atom. The molecule has 0 spiro atoms. The minimum atomic E-state index is -0.719. The quantitative estimate of drug-likeness (QED) is 0.585. The van der Waals surface area contributed by atoms with Crippen LogP contribution in [-0.2, 0) is 33.6 Å². The Balaban J connectivity index is 0.000000255. The number of rotatable bonds is 3. The fourth-order valence-corrected chi connectivity index (χ4v) is 2.72. The van der Waals surface area contributed by atoms with E-state index in [4.69, 9.17) is 4.84 Å². The molecule has 0 atom stereocenters. The molecule has 1 saturated heterocycles. The van der Waals surface area contributed by atoms with Crippen LogP contribution in [-0.4, -0.2) is 69.0 Å². The van der Waals surface area contributed by atoms with Crippen molar-refractivity contribution in [3.63, 3.8) is 0 Å². The summed E-state index contributed by atoms with van der Waals surface area (Å²) in [7, 11) is 0. The average molecular weight is 464 g/mol. The molecule has 0 unspecified atom stereocenters. The molecule has 33 heavy (non-hydrogen) atoms. The zero-order chi connectivity index (χ0) is 25.5. The highest BCUT2D eigenvalue weighted by Gasteiger charge is 2.35. The summed E-state index contributed by atoms with van der Waals surface area (Å²) in [5.74, 6) is -1.76. The monoisotopic (exact) mass is 463 g/mol. The van der Waals surface area contributed by atoms with Crippen molar-refractivity contribution in [3.8, 4) is 0 Å². The number of hydrogen-bond acceptors (Lipinski definition) is 7. The van der Waals surface area contributed by atoms with Crippen LogP contribution >= 0.6 is 0 Å². The van der Waals surface area contributed by atoms with Crippen LogP contribution in [0.25, 0.3) is 0 Å². The lowest BCUT2D eigenvalue weighted by Gasteiger charge is -2.19. The summed E-state index contributed by atoms with van der Waals surface area (Å²) in [5, 5.41) is 0.563. The minimum Gasteiger partial charge on any atom is -0.333 e. The van der Waals surface area contributed by atoms with Crippen LogP contribution < -0.4 is 0 Å². The van der Waals surface area contributed by atoms with Crippen molar-refractivity contribution in [3.05, 3.63) is 24.3 Å². The third kappa shape index (κ3) is 7.96. The number of hydrogen-bond donors (Lipinski definition) is 0. The SMILES string of the molecule is CC(C)(C)C(=O)ON1C(=O)CCC1=O.CC(C)N1C(=O)C=CC1=O.CC(C)N1CC=CC1=O. The molecular weight excluding hydrogens is 430 g/mol. The van der Waals surface area contributed by atoms with Crippen LogP contribution in [0.5, 0.6) is 0 Å². The first-order valence-corrected chi connectivity index (χ1v) is 10.8. The van der Waals surface area contributed by atoms with Gasteiger partial charge in [0, 0.05) is 49.7 Å². The third-order valence-corrected chi connectivity index (χ3v) is 4.62. The molecular formula is C23H33N3O7. The van der Waals surface area contributed by atoms with Gasteiger partial charge >= 0.3 is 5.97 Å². The Labute approximate surface area is 194 Å². The van der Waals surface area contributed by atoms with E-state index in [2.05, 4.69) is 0 Å². The number of hydroxylamine groups is 2. The van der Waals surface area contributed by atoms with E-state index in [1.807, 2.05) is 38.7 Å². The standard InChI is InChI=1S/C9H13NO4.C7H9NO2.C7H11NO/c1-9(2,3)8(13)14-10-6(11)4-5-7(10)12;1-5(2)8-6(9)3-4-7(8)10;1-6(2)8-5-3-4-7(8)9/h4-5H2,1-3H3;3-5H,1-2H3;3-4,6H,5H2,1-2H3. The topological polar surface area (TPSA) is 121 Å². The normalized spacial score (nSPS) is 17.7. The average Bonchev–Trinajstić information content (AvgIpc) is 3.36. The lowest BCUT2D eigenvalue weighted by Crippen LogP contribution is -2.36. The molecule has 3 heterocycles. The number of nitrogens with zero attached hydrogens (tertiary/aromatic N) is 3. The lowest BCUT2D eigenvalue weighted by atomic mass is 9.98. The van der Waals surface area contributed by atoms with Gasteiger partial charge in [0.2, 0.25) is 5.91 Å². The van der Waals surface area contributed by atoms with Crippen molar-refractivity contribution in [2.24, 2.45) is 5.41 Å². The number of amides is 5. The molecule has 0 aliphatic carbocycles. The number of carbonyl (C=O) groups is 6. The molecule has 0 N–H and O–H groups in total. The van der Waals surface area contributed by atoms with Gasteiger partial charge in [0.1, 0.15) is 0 Å². The van der Waals surface area contributed by atoms with E-state index in [0.717, 1.165) is 6.54 Å². The van der Waals surface area contributed by atoms with Crippen molar-refractivity contribution in [1.29, 1.82) is 0 Å². The van der Waals surface area contributed by atoms with Crippen molar-refractivity contribution in [1.82, 2.24) is 14.9 Å². The van der Waals surface area contributed by atoms with Crippen LogP contribution in [0.1, 0.15) is 61.3 Å². The van der Waals surface area contributed by atoms with Crippen LogP contribution in [0, 0.1) is 5.41 Å². The number of carbonyl (C=O) groups excluding carboxylic acids is 6. The molecule has 0 saturated carbocycles. The fourth-order valence-electron chi connectivity index (χ4n) is 2.72. The smallest absolute Gasteiger partial charge is 0.333 e. The maximum atomic E-state index is 11.3. The van der Waals surface area contributed by atoms with E-state index in [1.165, 1.54) is 17.1 Å². The summed E-state index contributed by atoms with van der Waals surface area (Å²) in [4.78, 5) is 73.8. The highest BCUT2D eigenvalue weighted by molar-refractivity contribution is 6.13. The van der Waals surface area contributed by atoms with Crippen molar-refractivity contribution >= 4 is 35.5 Å². The lowest BCUT2D eigenvalue weighted by molar-refractivity contribution is -0.203. The molecule has 3 aliphatic heterocycles. The largest absolute Gasteiger partial charge is 0.338 e. The summed E-state index contributed by atoms with van der Waals surface area (Å²) in [5.41, 5.74) is -0.719. The van der Waals surface area contributed by atoms with E-state index in [0.29, 0.717) is 11.1 Å². The van der Waals surface area contributed by atoms with Gasteiger partial charge in [0.15, 0.2) is 0 Å². The molecule has 5 amide bonds. The van der Waals surface area contributed by atoms with E-state index < -0.39 is 23.2 Å². The van der Waals surface area contributed by atoms with Gasteiger partial charge in [0.05, 0.1) is 5.41 Å². The van der Waals surface area contributed by atoms with Gasteiger partial charge in [-0.05, 0) is 48.5 Å². The molecule has 0 aromatic heterocycles. The Hall–Kier alpha value is -3.30. The van der Waals surface area contributed by atoms with Gasteiger partial charge in [-0.15, -0.1) is 5.06 Å². The molecule has 0 aromatic carbocycles. The first kappa shape index (κ1) is 27.7.